The number of aromatic nitrogens is 2. The summed E-state index contributed by atoms with van der Waals surface area (Å²) in [5, 5.41) is 4.11. The van der Waals surface area contributed by atoms with E-state index in [1.165, 1.54) is 28.8 Å². The van der Waals surface area contributed by atoms with E-state index < -0.39 is 6.29 Å². The molecule has 32 heavy (non-hydrogen) atoms. The lowest BCUT2D eigenvalue weighted by molar-refractivity contribution is -0.286. The average Bonchev–Trinajstić information content (AvgIpc) is 3.47. The first-order chi connectivity index (χ1) is 15.2. The lowest BCUT2D eigenvalue weighted by Crippen LogP contribution is -2.36. The molecule has 0 bridgehead atoms. The van der Waals surface area contributed by atoms with Gasteiger partial charge in [-0.25, -0.2) is 4.79 Å². The Morgan fingerprint density at radius 1 is 1.16 bits per heavy atom. The highest BCUT2D eigenvalue weighted by atomic mass is 19.3. The van der Waals surface area contributed by atoms with E-state index in [9.17, 15) is 18.4 Å². The molecule has 170 valence electrons. The van der Waals surface area contributed by atoms with Gasteiger partial charge < -0.3 is 19.3 Å². The summed E-state index contributed by atoms with van der Waals surface area (Å²) in [6, 6.07) is 4.66. The van der Waals surface area contributed by atoms with E-state index in [4.69, 9.17) is 0 Å². The van der Waals surface area contributed by atoms with E-state index in [0.29, 0.717) is 37.2 Å². The molecule has 9 nitrogen and oxygen atoms in total. The van der Waals surface area contributed by atoms with Crippen molar-refractivity contribution < 1.29 is 27.8 Å². The Kier molecular flexibility index (Phi) is 4.81. The van der Waals surface area contributed by atoms with Crippen molar-refractivity contribution in [2.75, 3.05) is 38.1 Å². The van der Waals surface area contributed by atoms with Gasteiger partial charge in [-0.1, -0.05) is 6.07 Å². The van der Waals surface area contributed by atoms with Gasteiger partial charge >= 0.3 is 12.3 Å². The number of carbonyl (C=O) groups is 2. The van der Waals surface area contributed by atoms with Crippen LogP contribution in [0.2, 0.25) is 0 Å². The number of benzene rings is 1. The van der Waals surface area contributed by atoms with Crippen molar-refractivity contribution in [2.24, 2.45) is 11.8 Å². The number of halogens is 2. The quantitative estimate of drug-likeness (QED) is 0.718. The number of rotatable bonds is 3. The molecule has 2 saturated heterocycles. The largest absolute Gasteiger partial charge is 0.586 e. The van der Waals surface area contributed by atoms with Gasteiger partial charge in [0.25, 0.3) is 0 Å². The summed E-state index contributed by atoms with van der Waals surface area (Å²) < 4.78 is 36.7. The van der Waals surface area contributed by atoms with Crippen molar-refractivity contribution in [2.45, 2.75) is 19.8 Å². The van der Waals surface area contributed by atoms with Gasteiger partial charge in [-0.2, -0.15) is 9.78 Å². The number of amides is 2. The fraction of sp³-hybridized carbons (Fsp3) is 0.476. The predicted molar refractivity (Wildman–Crippen MR) is 109 cm³/mol. The summed E-state index contributed by atoms with van der Waals surface area (Å²) in [6.45, 7) is 4.96. The van der Waals surface area contributed by atoms with Gasteiger partial charge in [0.05, 0.1) is 18.1 Å². The van der Waals surface area contributed by atoms with Crippen LogP contribution in [0.15, 0.2) is 30.6 Å². The number of anilines is 1. The highest BCUT2D eigenvalue weighted by Gasteiger charge is 2.44. The SMILES string of the molecule is CC(=O)N(C)c1cnn(C(=O)N2CC3CN(Cc4ccc5c(c4)OC(F)(F)O5)CC3C2)c1. The zero-order valence-corrected chi connectivity index (χ0v) is 17.7. The lowest BCUT2D eigenvalue weighted by Gasteiger charge is -2.21. The second-order valence-electron chi connectivity index (χ2n) is 8.57. The Balaban J connectivity index is 1.17. The minimum atomic E-state index is -3.61. The van der Waals surface area contributed by atoms with Gasteiger partial charge in [0.1, 0.15) is 0 Å². The highest BCUT2D eigenvalue weighted by Crippen LogP contribution is 2.41. The minimum absolute atomic E-state index is 0.0440. The normalized spacial score (nSPS) is 23.4. The molecule has 2 aromatic rings. The van der Waals surface area contributed by atoms with Gasteiger partial charge in [0, 0.05) is 46.7 Å². The zero-order valence-electron chi connectivity index (χ0n) is 17.7. The first-order valence-corrected chi connectivity index (χ1v) is 10.4. The van der Waals surface area contributed by atoms with Crippen LogP contribution in [-0.4, -0.2) is 71.0 Å². The molecule has 11 heteroatoms. The van der Waals surface area contributed by atoms with Gasteiger partial charge in [0.15, 0.2) is 11.5 Å². The number of alkyl halides is 2. The maximum atomic E-state index is 13.2. The summed E-state index contributed by atoms with van der Waals surface area (Å²) in [7, 11) is 1.63. The van der Waals surface area contributed by atoms with Crippen molar-refractivity contribution in [3.05, 3.63) is 36.2 Å². The molecule has 4 heterocycles. The zero-order chi connectivity index (χ0) is 22.6. The van der Waals surface area contributed by atoms with E-state index in [0.717, 1.165) is 18.7 Å². The third-order valence-electron chi connectivity index (χ3n) is 6.33. The molecule has 2 atom stereocenters. The molecule has 5 rings (SSSR count). The van der Waals surface area contributed by atoms with Crippen molar-refractivity contribution in [1.29, 1.82) is 0 Å². The lowest BCUT2D eigenvalue weighted by atomic mass is 10.0. The van der Waals surface area contributed by atoms with E-state index in [2.05, 4.69) is 19.5 Å². The Hall–Kier alpha value is -3.21. The van der Waals surface area contributed by atoms with Crippen molar-refractivity contribution >= 4 is 17.6 Å². The fourth-order valence-corrected chi connectivity index (χ4v) is 4.64. The van der Waals surface area contributed by atoms with Crippen LogP contribution >= 0.6 is 0 Å². The number of hydrogen-bond donors (Lipinski definition) is 0. The molecule has 0 N–H and O–H groups in total. The summed E-state index contributed by atoms with van der Waals surface area (Å²) >= 11 is 0. The summed E-state index contributed by atoms with van der Waals surface area (Å²) in [6.07, 6.45) is -0.551. The van der Waals surface area contributed by atoms with Crippen LogP contribution in [0.1, 0.15) is 12.5 Å². The highest BCUT2D eigenvalue weighted by molar-refractivity contribution is 5.91. The van der Waals surface area contributed by atoms with Crippen LogP contribution < -0.4 is 14.4 Å². The monoisotopic (exact) mass is 447 g/mol. The molecule has 0 radical (unpaired) electrons. The van der Waals surface area contributed by atoms with E-state index in [-0.39, 0.29) is 23.4 Å². The van der Waals surface area contributed by atoms with Crippen LogP contribution in [0.5, 0.6) is 11.5 Å². The van der Waals surface area contributed by atoms with Gasteiger partial charge in [-0.3, -0.25) is 9.69 Å². The molecule has 2 fully saturated rings. The molecule has 0 spiro atoms. The van der Waals surface area contributed by atoms with Crippen molar-refractivity contribution in [3.8, 4) is 11.5 Å². The molecular weight excluding hydrogens is 424 g/mol. The summed E-state index contributed by atoms with van der Waals surface area (Å²) in [4.78, 5) is 29.8. The molecule has 3 aliphatic rings. The van der Waals surface area contributed by atoms with Gasteiger partial charge in [-0.05, 0) is 29.5 Å². The van der Waals surface area contributed by atoms with Gasteiger partial charge in [-0.15, -0.1) is 8.78 Å². The minimum Gasteiger partial charge on any atom is -0.395 e. The summed E-state index contributed by atoms with van der Waals surface area (Å²) in [5.41, 5.74) is 1.44. The third-order valence-corrected chi connectivity index (χ3v) is 6.33. The van der Waals surface area contributed by atoms with Crippen LogP contribution in [-0.2, 0) is 11.3 Å². The Morgan fingerprint density at radius 2 is 1.84 bits per heavy atom. The molecule has 1 aromatic heterocycles. The molecule has 3 aliphatic heterocycles. The van der Waals surface area contributed by atoms with E-state index in [1.54, 1.807) is 30.3 Å². The number of hydrogen-bond acceptors (Lipinski definition) is 6. The molecule has 2 unspecified atom stereocenters. The standard InChI is InChI=1S/C21H23F2N5O4/c1-13(29)25(2)17-6-24-28(12-17)20(30)27-10-15-8-26(9-16(15)11-27)7-14-3-4-18-19(5-14)32-21(22,23)31-18/h3-6,12,15-16H,7-11H2,1-2H3. The average molecular weight is 447 g/mol. The molecule has 0 aliphatic carbocycles. The first kappa shape index (κ1) is 20.7. The number of ether oxygens (including phenoxy) is 2. The van der Waals surface area contributed by atoms with Crippen LogP contribution in [0.25, 0.3) is 0 Å². The summed E-state index contributed by atoms with van der Waals surface area (Å²) in [5.74, 6) is 0.642. The second kappa shape index (κ2) is 7.44. The third kappa shape index (κ3) is 3.77. The van der Waals surface area contributed by atoms with Crippen molar-refractivity contribution in [3.63, 3.8) is 0 Å². The predicted octanol–water partition coefficient (Wildman–Crippen LogP) is 2.22. The van der Waals surface area contributed by atoms with Crippen molar-refractivity contribution in [1.82, 2.24) is 19.6 Å². The van der Waals surface area contributed by atoms with Gasteiger partial charge in [0.2, 0.25) is 5.91 Å². The number of likely N-dealkylation sites (tertiary alicyclic amines) is 2. The number of nitrogens with zero attached hydrogens (tertiary/aromatic N) is 5. The molecule has 2 amide bonds. The van der Waals surface area contributed by atoms with Crippen LogP contribution in [0.3, 0.4) is 0 Å². The molecule has 1 aromatic carbocycles. The van der Waals surface area contributed by atoms with E-state index in [1.807, 2.05) is 0 Å². The number of carbonyl (C=O) groups excluding carboxylic acids is 2. The maximum absolute atomic E-state index is 13.2. The Bertz CT molecular complexity index is 1060. The second-order valence-corrected chi connectivity index (χ2v) is 8.57. The number of fused-ring (bicyclic) bond motifs is 2. The Labute approximate surface area is 183 Å². The van der Waals surface area contributed by atoms with Crippen LogP contribution in [0, 0.1) is 11.8 Å². The molecule has 0 saturated carbocycles. The molecular formula is C21H23F2N5O4. The Morgan fingerprint density at radius 3 is 2.53 bits per heavy atom. The first-order valence-electron chi connectivity index (χ1n) is 10.4. The smallest absolute Gasteiger partial charge is 0.395 e. The maximum Gasteiger partial charge on any atom is 0.586 e. The topological polar surface area (TPSA) is 80.1 Å². The van der Waals surface area contributed by atoms with Crippen LogP contribution in [0.4, 0.5) is 19.3 Å². The van der Waals surface area contributed by atoms with E-state index >= 15 is 0 Å². The fourth-order valence-electron chi connectivity index (χ4n) is 4.64.